The third-order valence-corrected chi connectivity index (χ3v) is 8.36. The highest BCUT2D eigenvalue weighted by Crippen LogP contribution is 2.34. The fourth-order valence-electron chi connectivity index (χ4n) is 4.13. The predicted octanol–water partition coefficient (Wildman–Crippen LogP) is 3.11. The van der Waals surface area contributed by atoms with Crippen LogP contribution in [0.5, 0.6) is 0 Å². The van der Waals surface area contributed by atoms with Crippen LogP contribution in [0.4, 0.5) is 14.9 Å². The van der Waals surface area contributed by atoms with Crippen LogP contribution in [0.1, 0.15) is 17.2 Å². The second-order valence-corrected chi connectivity index (χ2v) is 10.6. The molecular weight excluding hydrogens is 457 g/mol. The lowest BCUT2D eigenvalue weighted by Crippen LogP contribution is -2.43. The van der Waals surface area contributed by atoms with E-state index in [1.807, 2.05) is 0 Å². The normalized spacial score (nSPS) is 21.0. The second-order valence-electron chi connectivity index (χ2n) is 7.88. The quantitative estimate of drug-likeness (QED) is 0.675. The molecule has 170 valence electrons. The monoisotopic (exact) mass is 479 g/mol. The highest BCUT2D eigenvalue weighted by Gasteiger charge is 2.36. The molecule has 32 heavy (non-hydrogen) atoms. The average molecular weight is 480 g/mol. The Kier molecular flexibility index (Phi) is 6.39. The molecule has 0 aliphatic carbocycles. The third-order valence-electron chi connectivity index (χ3n) is 5.90. The Bertz CT molecular complexity index is 1130. The molecule has 3 amide bonds. The number of amides is 3. The van der Waals surface area contributed by atoms with Crippen molar-refractivity contribution in [3.05, 3.63) is 64.9 Å². The Balaban J connectivity index is 1.42. The number of hydrogen-bond acceptors (Lipinski definition) is 4. The van der Waals surface area contributed by atoms with E-state index in [-0.39, 0.29) is 43.7 Å². The minimum Gasteiger partial charge on any atom is -0.340 e. The molecule has 7 nitrogen and oxygen atoms in total. The number of carbonyl (C=O) groups is 2. The van der Waals surface area contributed by atoms with Gasteiger partial charge in [-0.1, -0.05) is 29.8 Å². The zero-order chi connectivity index (χ0) is 22.9. The summed E-state index contributed by atoms with van der Waals surface area (Å²) in [6.07, 6.45) is 0.244. The van der Waals surface area contributed by atoms with Gasteiger partial charge in [0.25, 0.3) is 0 Å². The summed E-state index contributed by atoms with van der Waals surface area (Å²) in [4.78, 5) is 30.1. The molecule has 1 unspecified atom stereocenters. The molecule has 2 aromatic carbocycles. The van der Waals surface area contributed by atoms with E-state index >= 15 is 0 Å². The van der Waals surface area contributed by atoms with Crippen molar-refractivity contribution in [3.63, 3.8) is 0 Å². The van der Waals surface area contributed by atoms with Gasteiger partial charge in [0, 0.05) is 36.9 Å². The topological polar surface area (TPSA) is 78.0 Å². The SMILES string of the molecule is O=C(CN1CCN(c2ccc(F)cc2)C1=O)N1CCC(c2ccccc2Cl)S(=O)(=O)CC1. The summed E-state index contributed by atoms with van der Waals surface area (Å²) in [7, 11) is -3.49. The van der Waals surface area contributed by atoms with Gasteiger partial charge >= 0.3 is 6.03 Å². The maximum absolute atomic E-state index is 13.2. The van der Waals surface area contributed by atoms with Crippen LogP contribution < -0.4 is 4.90 Å². The van der Waals surface area contributed by atoms with E-state index in [2.05, 4.69) is 0 Å². The standard InChI is InChI=1S/C22H23ClFN3O4S/c23-19-4-2-1-3-18(19)20-9-10-25(13-14-32(20,30)31)21(28)15-26-11-12-27(22(26)29)17-7-5-16(24)6-8-17/h1-8,20H,9-15H2. The van der Waals surface area contributed by atoms with Gasteiger partial charge in [-0.25, -0.2) is 17.6 Å². The van der Waals surface area contributed by atoms with Crippen LogP contribution in [0.25, 0.3) is 0 Å². The Hall–Kier alpha value is -2.65. The lowest BCUT2D eigenvalue weighted by molar-refractivity contribution is -0.131. The summed E-state index contributed by atoms with van der Waals surface area (Å²) in [6, 6.07) is 12.1. The fourth-order valence-corrected chi connectivity index (χ4v) is 6.28. The van der Waals surface area contributed by atoms with E-state index in [1.54, 1.807) is 24.3 Å². The highest BCUT2D eigenvalue weighted by molar-refractivity contribution is 7.91. The van der Waals surface area contributed by atoms with Crippen LogP contribution in [0.2, 0.25) is 5.02 Å². The van der Waals surface area contributed by atoms with E-state index in [4.69, 9.17) is 11.6 Å². The number of urea groups is 1. The van der Waals surface area contributed by atoms with Crippen LogP contribution in [-0.2, 0) is 14.6 Å². The van der Waals surface area contributed by atoms with E-state index in [0.29, 0.717) is 29.4 Å². The van der Waals surface area contributed by atoms with Gasteiger partial charge in [0.05, 0.1) is 11.0 Å². The predicted molar refractivity (Wildman–Crippen MR) is 120 cm³/mol. The van der Waals surface area contributed by atoms with Crippen molar-refractivity contribution in [2.45, 2.75) is 11.7 Å². The summed E-state index contributed by atoms with van der Waals surface area (Å²) in [5.41, 5.74) is 1.11. The van der Waals surface area contributed by atoms with Gasteiger partial charge in [-0.2, -0.15) is 0 Å². The molecule has 2 aliphatic heterocycles. The zero-order valence-electron chi connectivity index (χ0n) is 17.3. The van der Waals surface area contributed by atoms with Crippen molar-refractivity contribution < 1.29 is 22.4 Å². The number of hydrogen-bond donors (Lipinski definition) is 0. The first-order chi connectivity index (χ1) is 15.3. The van der Waals surface area contributed by atoms with Crippen molar-refractivity contribution in [2.75, 3.05) is 43.4 Å². The summed E-state index contributed by atoms with van der Waals surface area (Å²) in [5, 5.41) is -0.374. The summed E-state index contributed by atoms with van der Waals surface area (Å²) < 4.78 is 38.9. The van der Waals surface area contributed by atoms with Gasteiger partial charge < -0.3 is 9.80 Å². The van der Waals surface area contributed by atoms with Gasteiger partial charge in [-0.05, 0) is 42.3 Å². The maximum atomic E-state index is 13.2. The largest absolute Gasteiger partial charge is 0.340 e. The van der Waals surface area contributed by atoms with Crippen LogP contribution in [0, 0.1) is 5.82 Å². The summed E-state index contributed by atoms with van der Waals surface area (Å²) >= 11 is 6.22. The zero-order valence-corrected chi connectivity index (χ0v) is 18.9. The number of benzene rings is 2. The molecule has 2 aliphatic rings. The van der Waals surface area contributed by atoms with Crippen molar-refractivity contribution in [1.82, 2.24) is 9.80 Å². The van der Waals surface area contributed by atoms with Gasteiger partial charge in [0.1, 0.15) is 12.4 Å². The summed E-state index contributed by atoms with van der Waals surface area (Å²) in [6.45, 7) is 0.952. The smallest absolute Gasteiger partial charge is 0.325 e. The second kappa shape index (κ2) is 9.07. The number of sulfone groups is 1. The first-order valence-electron chi connectivity index (χ1n) is 10.3. The van der Waals surface area contributed by atoms with Crippen LogP contribution in [0.15, 0.2) is 48.5 Å². The molecular formula is C22H23ClFN3O4S. The lowest BCUT2D eigenvalue weighted by Gasteiger charge is -2.24. The maximum Gasteiger partial charge on any atom is 0.325 e. The highest BCUT2D eigenvalue weighted by atomic mass is 35.5. The van der Waals surface area contributed by atoms with Gasteiger partial charge in [0.2, 0.25) is 5.91 Å². The molecule has 1 atom stereocenters. The molecule has 0 bridgehead atoms. The minimum atomic E-state index is -3.49. The molecule has 0 spiro atoms. The molecule has 0 aromatic heterocycles. The molecule has 0 saturated carbocycles. The molecule has 2 heterocycles. The van der Waals surface area contributed by atoms with Crippen molar-refractivity contribution in [3.8, 4) is 0 Å². The lowest BCUT2D eigenvalue weighted by atomic mass is 10.1. The third kappa shape index (κ3) is 4.59. The number of nitrogens with zero attached hydrogens (tertiary/aromatic N) is 3. The van der Waals surface area contributed by atoms with Crippen LogP contribution >= 0.6 is 11.6 Å². The molecule has 0 radical (unpaired) electrons. The summed E-state index contributed by atoms with van der Waals surface area (Å²) in [5.74, 6) is -0.849. The Morgan fingerprint density at radius 1 is 1.03 bits per heavy atom. The number of rotatable bonds is 4. The molecule has 4 rings (SSSR count). The Morgan fingerprint density at radius 2 is 1.75 bits per heavy atom. The minimum absolute atomic E-state index is 0.0752. The molecule has 0 N–H and O–H groups in total. The van der Waals surface area contributed by atoms with Gasteiger partial charge in [0.15, 0.2) is 9.84 Å². The van der Waals surface area contributed by atoms with Crippen molar-refractivity contribution in [1.29, 1.82) is 0 Å². The van der Waals surface area contributed by atoms with Gasteiger partial charge in [-0.3, -0.25) is 9.69 Å². The number of halogens is 2. The Morgan fingerprint density at radius 3 is 2.47 bits per heavy atom. The van der Waals surface area contributed by atoms with E-state index < -0.39 is 20.9 Å². The van der Waals surface area contributed by atoms with E-state index in [9.17, 15) is 22.4 Å². The van der Waals surface area contributed by atoms with Crippen LogP contribution in [0.3, 0.4) is 0 Å². The first kappa shape index (κ1) is 22.5. The molecule has 2 fully saturated rings. The average Bonchev–Trinajstić information content (AvgIpc) is 3.03. The van der Waals surface area contributed by atoms with Crippen molar-refractivity contribution >= 4 is 39.1 Å². The number of carbonyl (C=O) groups excluding carboxylic acids is 2. The first-order valence-corrected chi connectivity index (χ1v) is 12.4. The Labute approximate surface area is 191 Å². The fraction of sp³-hybridized carbons (Fsp3) is 0.364. The van der Waals surface area contributed by atoms with Crippen molar-refractivity contribution in [2.24, 2.45) is 0 Å². The molecule has 2 aromatic rings. The van der Waals surface area contributed by atoms with E-state index in [0.717, 1.165) is 0 Å². The molecule has 2 saturated heterocycles. The van der Waals surface area contributed by atoms with Crippen LogP contribution in [-0.4, -0.2) is 68.6 Å². The van der Waals surface area contributed by atoms with E-state index in [1.165, 1.54) is 39.0 Å². The molecule has 10 heteroatoms. The number of anilines is 1. The van der Waals surface area contributed by atoms with Gasteiger partial charge in [-0.15, -0.1) is 0 Å².